The molecule has 0 bridgehead atoms. The third-order valence-electron chi connectivity index (χ3n) is 3.62. The number of carbonyl (C=O) groups is 6. The van der Waals surface area contributed by atoms with Gasteiger partial charge in [0, 0.05) is 0 Å². The molecule has 0 aromatic carbocycles. The van der Waals surface area contributed by atoms with Crippen LogP contribution in [-0.2, 0) is 43.0 Å². The summed E-state index contributed by atoms with van der Waals surface area (Å²) in [5, 5.41) is 36.6. The first-order valence-corrected chi connectivity index (χ1v) is 8.60. The van der Waals surface area contributed by atoms with Crippen LogP contribution < -0.4 is 11.5 Å². The summed E-state index contributed by atoms with van der Waals surface area (Å²) in [7, 11) is 0. The highest BCUT2D eigenvalue weighted by atomic mass is 16.6. The van der Waals surface area contributed by atoms with Gasteiger partial charge >= 0.3 is 35.8 Å². The average Bonchev–Trinajstić information content (AvgIpc) is 2.67. The van der Waals surface area contributed by atoms with Crippen LogP contribution in [0.2, 0.25) is 0 Å². The van der Waals surface area contributed by atoms with Crippen LogP contribution in [0.25, 0.3) is 0 Å². The summed E-state index contributed by atoms with van der Waals surface area (Å²) in [6.07, 6.45) is -2.41. The molecular weight excluding hydrogens is 428 g/mol. The van der Waals surface area contributed by atoms with Crippen molar-refractivity contribution >= 4 is 35.8 Å². The molecular formula is C16H24N2O13. The third kappa shape index (κ3) is 10.3. The predicted octanol–water partition coefficient (Wildman–Crippen LogP) is -3.33. The van der Waals surface area contributed by atoms with Crippen molar-refractivity contribution < 1.29 is 63.4 Å². The van der Waals surface area contributed by atoms with Crippen LogP contribution in [0.1, 0.15) is 19.8 Å². The molecule has 176 valence electrons. The highest BCUT2D eigenvalue weighted by molar-refractivity contribution is 5.90. The first-order valence-electron chi connectivity index (χ1n) is 8.60. The van der Waals surface area contributed by atoms with Crippen molar-refractivity contribution in [3.05, 3.63) is 0 Å². The van der Waals surface area contributed by atoms with Gasteiger partial charge in [0.2, 0.25) is 0 Å². The molecule has 31 heavy (non-hydrogen) atoms. The zero-order chi connectivity index (χ0) is 24.4. The number of nitrogens with two attached hydrogens (primary N) is 2. The van der Waals surface area contributed by atoms with Crippen LogP contribution in [0, 0.1) is 5.92 Å². The average molecular weight is 452 g/mol. The van der Waals surface area contributed by atoms with E-state index in [9.17, 15) is 33.9 Å². The first-order chi connectivity index (χ1) is 14.2. The van der Waals surface area contributed by atoms with Gasteiger partial charge in [-0.25, -0.2) is 4.79 Å². The summed E-state index contributed by atoms with van der Waals surface area (Å²) in [5.74, 6) is -9.69. The van der Waals surface area contributed by atoms with Crippen LogP contribution in [0.3, 0.4) is 0 Å². The molecule has 8 N–H and O–H groups in total. The van der Waals surface area contributed by atoms with Crippen molar-refractivity contribution in [3.63, 3.8) is 0 Å². The zero-order valence-electron chi connectivity index (χ0n) is 16.4. The molecule has 0 amide bonds. The van der Waals surface area contributed by atoms with Crippen molar-refractivity contribution in [2.45, 2.75) is 37.5 Å². The van der Waals surface area contributed by atoms with Gasteiger partial charge in [0.25, 0.3) is 0 Å². The van der Waals surface area contributed by atoms with Gasteiger partial charge in [0.1, 0.15) is 31.9 Å². The Kier molecular flexibility index (Phi) is 11.1. The monoisotopic (exact) mass is 452 g/mol. The number of carbonyl (C=O) groups excluding carboxylic acids is 3. The minimum atomic E-state index is -2.91. The van der Waals surface area contributed by atoms with Gasteiger partial charge in [0.15, 0.2) is 5.60 Å². The Bertz CT molecular complexity index is 670. The van der Waals surface area contributed by atoms with E-state index in [2.05, 4.69) is 14.2 Å². The second-order valence-electron chi connectivity index (χ2n) is 6.48. The standard InChI is InChI=1S/C16H24N2O13/c1-7(12(21)22)4-29-10(19)2-16(28,15(27)31-6-9(18)14(25)26)3-11(20)30-5-8(17)13(23)24/h7-9,28H,2-6,17-18H2,1H3,(H,21,22)(H,23,24)(H,25,26). The number of rotatable bonds is 14. The fourth-order valence-corrected chi connectivity index (χ4v) is 1.70. The molecule has 0 spiro atoms. The molecule has 0 radical (unpaired) electrons. The molecule has 0 fully saturated rings. The summed E-state index contributed by atoms with van der Waals surface area (Å²) in [4.78, 5) is 68.1. The van der Waals surface area contributed by atoms with Crippen LogP contribution in [0.4, 0.5) is 0 Å². The predicted molar refractivity (Wildman–Crippen MR) is 95.1 cm³/mol. The molecule has 0 heterocycles. The van der Waals surface area contributed by atoms with Gasteiger partial charge in [-0.05, 0) is 6.92 Å². The second-order valence-corrected chi connectivity index (χ2v) is 6.48. The van der Waals surface area contributed by atoms with Gasteiger partial charge in [-0.3, -0.25) is 24.0 Å². The summed E-state index contributed by atoms with van der Waals surface area (Å²) in [5.41, 5.74) is 7.40. The number of ether oxygens (including phenoxy) is 3. The number of carboxylic acids is 3. The molecule has 15 heteroatoms. The molecule has 4 unspecified atom stereocenters. The Morgan fingerprint density at radius 3 is 1.52 bits per heavy atom. The Balaban J connectivity index is 5.25. The lowest BCUT2D eigenvalue weighted by atomic mass is 9.95. The molecule has 15 nitrogen and oxygen atoms in total. The van der Waals surface area contributed by atoms with Crippen molar-refractivity contribution in [2.75, 3.05) is 19.8 Å². The number of aliphatic carboxylic acids is 3. The lowest BCUT2D eigenvalue weighted by Gasteiger charge is -2.25. The van der Waals surface area contributed by atoms with Gasteiger partial charge in [-0.15, -0.1) is 0 Å². The van der Waals surface area contributed by atoms with Crippen LogP contribution in [0.5, 0.6) is 0 Å². The van der Waals surface area contributed by atoms with Crippen molar-refractivity contribution in [1.82, 2.24) is 0 Å². The van der Waals surface area contributed by atoms with Crippen LogP contribution in [-0.4, -0.2) is 93.7 Å². The summed E-state index contributed by atoms with van der Waals surface area (Å²) < 4.78 is 13.7. The summed E-state index contributed by atoms with van der Waals surface area (Å²) >= 11 is 0. The Morgan fingerprint density at radius 2 is 1.13 bits per heavy atom. The molecule has 0 aliphatic carbocycles. The van der Waals surface area contributed by atoms with Crippen molar-refractivity contribution in [1.29, 1.82) is 0 Å². The van der Waals surface area contributed by atoms with E-state index >= 15 is 0 Å². The highest BCUT2D eigenvalue weighted by Crippen LogP contribution is 2.20. The van der Waals surface area contributed by atoms with E-state index < -0.39 is 92.1 Å². The minimum absolute atomic E-state index is 0.610. The van der Waals surface area contributed by atoms with Crippen molar-refractivity contribution in [2.24, 2.45) is 17.4 Å². The first kappa shape index (κ1) is 27.7. The van der Waals surface area contributed by atoms with Crippen molar-refractivity contribution in [3.8, 4) is 0 Å². The van der Waals surface area contributed by atoms with E-state index in [1.165, 1.54) is 6.92 Å². The molecule has 0 aliphatic rings. The SMILES string of the molecule is CC(COC(=O)CC(O)(CC(=O)OCC(N)C(=O)O)C(=O)OCC(N)C(=O)O)C(=O)O. The number of hydrogen-bond donors (Lipinski definition) is 6. The number of aliphatic hydroxyl groups is 1. The topological polar surface area (TPSA) is 263 Å². The van der Waals surface area contributed by atoms with E-state index in [1.807, 2.05) is 0 Å². The Labute approximate surface area is 174 Å². The lowest BCUT2D eigenvalue weighted by Crippen LogP contribution is -2.47. The maximum absolute atomic E-state index is 12.2. The molecule has 0 aromatic rings. The number of esters is 3. The van der Waals surface area contributed by atoms with Gasteiger partial charge in [-0.2, -0.15) is 0 Å². The van der Waals surface area contributed by atoms with E-state index in [-0.39, 0.29) is 0 Å². The zero-order valence-corrected chi connectivity index (χ0v) is 16.4. The lowest BCUT2D eigenvalue weighted by molar-refractivity contribution is -0.179. The quantitative estimate of drug-likeness (QED) is 0.111. The van der Waals surface area contributed by atoms with E-state index in [4.69, 9.17) is 26.8 Å². The maximum Gasteiger partial charge on any atom is 0.339 e. The number of carboxylic acid groups (broad SMARTS) is 3. The largest absolute Gasteiger partial charge is 0.481 e. The molecule has 4 atom stereocenters. The molecule has 0 aromatic heterocycles. The number of hydrogen-bond acceptors (Lipinski definition) is 12. The van der Waals surface area contributed by atoms with Gasteiger partial charge in [0.05, 0.1) is 18.8 Å². The van der Waals surface area contributed by atoms with Crippen LogP contribution in [0.15, 0.2) is 0 Å². The molecule has 0 saturated heterocycles. The minimum Gasteiger partial charge on any atom is -0.481 e. The Hall–Kier alpha value is -3.30. The molecule has 0 rings (SSSR count). The van der Waals surface area contributed by atoms with Gasteiger partial charge < -0.3 is 46.1 Å². The molecule has 0 aliphatic heterocycles. The second kappa shape index (κ2) is 12.4. The van der Waals surface area contributed by atoms with E-state index in [1.54, 1.807) is 0 Å². The van der Waals surface area contributed by atoms with E-state index in [0.29, 0.717) is 0 Å². The maximum atomic E-state index is 12.2. The Morgan fingerprint density at radius 1 is 0.742 bits per heavy atom. The van der Waals surface area contributed by atoms with E-state index in [0.717, 1.165) is 0 Å². The normalized spacial score (nSPS) is 15.5. The highest BCUT2D eigenvalue weighted by Gasteiger charge is 2.44. The fourth-order valence-electron chi connectivity index (χ4n) is 1.70. The fraction of sp³-hybridized carbons (Fsp3) is 0.625. The smallest absolute Gasteiger partial charge is 0.339 e. The van der Waals surface area contributed by atoms with Crippen LogP contribution >= 0.6 is 0 Å². The molecule has 0 saturated carbocycles. The summed E-state index contributed by atoms with van der Waals surface area (Å²) in [6, 6.07) is -3.27. The third-order valence-corrected chi connectivity index (χ3v) is 3.62. The van der Waals surface area contributed by atoms with Gasteiger partial charge in [-0.1, -0.05) is 0 Å². The summed E-state index contributed by atoms with van der Waals surface area (Å²) in [6.45, 7) is -1.13.